The zero-order valence-corrected chi connectivity index (χ0v) is 11.4. The molecule has 2 amide bonds. The van der Waals surface area contributed by atoms with Gasteiger partial charge in [-0.2, -0.15) is 0 Å². The lowest BCUT2D eigenvalue weighted by atomic mass is 9.69. The van der Waals surface area contributed by atoms with Gasteiger partial charge < -0.3 is 20.3 Å². The standard InChI is InChI=1S/C12H19N5O3/c1-17-8-15-16-9(17)3-6-13-11(20)14-7-12(10(18)19)4-2-5-12/h8H,2-7H2,1H3,(H,18,19)(H2,13,14,20). The highest BCUT2D eigenvalue weighted by Crippen LogP contribution is 2.40. The second kappa shape index (κ2) is 5.89. The van der Waals surface area contributed by atoms with Gasteiger partial charge in [-0.25, -0.2) is 4.79 Å². The number of aromatic nitrogens is 3. The van der Waals surface area contributed by atoms with Crippen LogP contribution in [0, 0.1) is 5.41 Å². The zero-order valence-electron chi connectivity index (χ0n) is 11.4. The average Bonchev–Trinajstić information content (AvgIpc) is 2.73. The van der Waals surface area contributed by atoms with Crippen LogP contribution in [0.5, 0.6) is 0 Å². The summed E-state index contributed by atoms with van der Waals surface area (Å²) in [5.41, 5.74) is -0.763. The van der Waals surface area contributed by atoms with Crippen LogP contribution in [-0.4, -0.2) is 45.0 Å². The predicted octanol–water partition coefficient (Wildman–Crippen LogP) is -0.0883. The van der Waals surface area contributed by atoms with E-state index < -0.39 is 11.4 Å². The Labute approximate surface area is 116 Å². The maximum atomic E-state index is 11.6. The monoisotopic (exact) mass is 281 g/mol. The van der Waals surface area contributed by atoms with E-state index in [1.807, 2.05) is 7.05 Å². The van der Waals surface area contributed by atoms with Crippen LogP contribution in [0.15, 0.2) is 6.33 Å². The van der Waals surface area contributed by atoms with Crippen LogP contribution in [0.25, 0.3) is 0 Å². The molecule has 2 rings (SSSR count). The number of hydrogen-bond donors (Lipinski definition) is 3. The largest absolute Gasteiger partial charge is 0.481 e. The lowest BCUT2D eigenvalue weighted by Crippen LogP contribution is -2.49. The number of rotatable bonds is 6. The van der Waals surface area contributed by atoms with Crippen LogP contribution in [0.2, 0.25) is 0 Å². The normalized spacial score (nSPS) is 16.2. The predicted molar refractivity (Wildman–Crippen MR) is 70.0 cm³/mol. The molecule has 0 radical (unpaired) electrons. The number of nitrogens with one attached hydrogen (secondary N) is 2. The van der Waals surface area contributed by atoms with Crippen molar-refractivity contribution in [3.05, 3.63) is 12.2 Å². The van der Waals surface area contributed by atoms with Crippen LogP contribution >= 0.6 is 0 Å². The van der Waals surface area contributed by atoms with Crippen molar-refractivity contribution in [2.75, 3.05) is 13.1 Å². The Hall–Kier alpha value is -2.12. The molecule has 3 N–H and O–H groups in total. The van der Waals surface area contributed by atoms with E-state index in [1.54, 1.807) is 10.9 Å². The van der Waals surface area contributed by atoms with Crippen molar-refractivity contribution in [3.63, 3.8) is 0 Å². The first-order valence-corrected chi connectivity index (χ1v) is 6.61. The van der Waals surface area contributed by atoms with E-state index in [1.165, 1.54) is 0 Å². The van der Waals surface area contributed by atoms with Crippen LogP contribution < -0.4 is 10.6 Å². The summed E-state index contributed by atoms with van der Waals surface area (Å²) in [7, 11) is 1.84. The molecule has 1 aliphatic rings. The quantitative estimate of drug-likeness (QED) is 0.675. The molecule has 1 saturated carbocycles. The smallest absolute Gasteiger partial charge is 0.314 e. The van der Waals surface area contributed by atoms with Crippen molar-refractivity contribution in [2.24, 2.45) is 12.5 Å². The number of aliphatic carboxylic acids is 1. The molecule has 1 aromatic rings. The number of urea groups is 1. The number of carbonyl (C=O) groups excluding carboxylic acids is 1. The van der Waals surface area contributed by atoms with Gasteiger partial charge in [0.15, 0.2) is 0 Å². The summed E-state index contributed by atoms with van der Waals surface area (Å²) < 4.78 is 1.79. The lowest BCUT2D eigenvalue weighted by Gasteiger charge is -2.37. The third-order valence-corrected chi connectivity index (χ3v) is 3.79. The van der Waals surface area contributed by atoms with E-state index in [4.69, 9.17) is 5.11 Å². The van der Waals surface area contributed by atoms with Gasteiger partial charge in [0.05, 0.1) is 5.41 Å². The van der Waals surface area contributed by atoms with E-state index in [9.17, 15) is 9.59 Å². The Kier molecular flexibility index (Phi) is 4.21. The van der Waals surface area contributed by atoms with Crippen LogP contribution in [0.4, 0.5) is 4.79 Å². The van der Waals surface area contributed by atoms with Crippen LogP contribution in [0.1, 0.15) is 25.1 Å². The number of nitrogens with zero attached hydrogens (tertiary/aromatic N) is 3. The molecule has 0 unspecified atom stereocenters. The van der Waals surface area contributed by atoms with Crippen molar-refractivity contribution < 1.29 is 14.7 Å². The Morgan fingerprint density at radius 2 is 2.20 bits per heavy atom. The number of carbonyl (C=O) groups is 2. The summed E-state index contributed by atoms with van der Waals surface area (Å²) in [5, 5.41) is 22.1. The molecule has 0 bridgehead atoms. The first-order chi connectivity index (χ1) is 9.53. The van der Waals surface area contributed by atoms with Crippen molar-refractivity contribution in [1.29, 1.82) is 0 Å². The molecule has 0 saturated heterocycles. The van der Waals surface area contributed by atoms with E-state index in [2.05, 4.69) is 20.8 Å². The van der Waals surface area contributed by atoms with Gasteiger partial charge in [0, 0.05) is 26.6 Å². The van der Waals surface area contributed by atoms with Gasteiger partial charge in [0.25, 0.3) is 0 Å². The third kappa shape index (κ3) is 3.06. The van der Waals surface area contributed by atoms with E-state index in [-0.39, 0.29) is 12.6 Å². The molecule has 1 heterocycles. The van der Waals surface area contributed by atoms with Gasteiger partial charge in [0.2, 0.25) is 0 Å². The highest BCUT2D eigenvalue weighted by atomic mass is 16.4. The Morgan fingerprint density at radius 1 is 1.45 bits per heavy atom. The number of aryl methyl sites for hydroxylation is 1. The van der Waals surface area contributed by atoms with Gasteiger partial charge >= 0.3 is 12.0 Å². The molecule has 0 aliphatic heterocycles. The molecule has 110 valence electrons. The minimum Gasteiger partial charge on any atom is -0.481 e. The minimum absolute atomic E-state index is 0.179. The summed E-state index contributed by atoms with van der Waals surface area (Å²) in [6.45, 7) is 0.608. The van der Waals surface area contributed by atoms with Gasteiger partial charge in [0.1, 0.15) is 12.2 Å². The number of carboxylic acids is 1. The molecule has 1 aliphatic carbocycles. The topological polar surface area (TPSA) is 109 Å². The second-order valence-corrected chi connectivity index (χ2v) is 5.16. The highest BCUT2D eigenvalue weighted by molar-refractivity contribution is 5.78. The zero-order chi connectivity index (χ0) is 14.6. The van der Waals surface area contributed by atoms with Crippen molar-refractivity contribution in [2.45, 2.75) is 25.7 Å². The average molecular weight is 281 g/mol. The van der Waals surface area contributed by atoms with E-state index in [0.29, 0.717) is 25.8 Å². The van der Waals surface area contributed by atoms with Gasteiger partial charge in [-0.3, -0.25) is 4.79 Å². The Balaban J connectivity index is 1.68. The lowest BCUT2D eigenvalue weighted by molar-refractivity contribution is -0.153. The fraction of sp³-hybridized carbons (Fsp3) is 0.667. The summed E-state index contributed by atoms with van der Waals surface area (Å²) in [5.74, 6) is -0.0468. The molecular formula is C12H19N5O3. The van der Waals surface area contributed by atoms with Crippen molar-refractivity contribution in [3.8, 4) is 0 Å². The fourth-order valence-electron chi connectivity index (χ4n) is 2.20. The molecule has 0 spiro atoms. The van der Waals surface area contributed by atoms with Gasteiger partial charge in [-0.1, -0.05) is 6.42 Å². The van der Waals surface area contributed by atoms with Crippen LogP contribution in [0.3, 0.4) is 0 Å². The molecular weight excluding hydrogens is 262 g/mol. The highest BCUT2D eigenvalue weighted by Gasteiger charge is 2.44. The molecule has 0 aromatic carbocycles. The SMILES string of the molecule is Cn1cnnc1CCNC(=O)NCC1(C(=O)O)CCC1. The summed E-state index contributed by atoms with van der Waals surface area (Å²) in [6, 6.07) is -0.348. The third-order valence-electron chi connectivity index (χ3n) is 3.79. The van der Waals surface area contributed by atoms with Crippen molar-refractivity contribution in [1.82, 2.24) is 25.4 Å². The van der Waals surface area contributed by atoms with Gasteiger partial charge in [-0.15, -0.1) is 10.2 Å². The molecule has 1 aromatic heterocycles. The number of carboxylic acid groups (broad SMARTS) is 1. The molecule has 20 heavy (non-hydrogen) atoms. The first kappa shape index (κ1) is 14.3. The molecule has 8 nitrogen and oxygen atoms in total. The first-order valence-electron chi connectivity index (χ1n) is 6.61. The van der Waals surface area contributed by atoms with Gasteiger partial charge in [-0.05, 0) is 12.8 Å². The summed E-state index contributed by atoms with van der Waals surface area (Å²) in [6.07, 6.45) is 4.33. The van der Waals surface area contributed by atoms with E-state index in [0.717, 1.165) is 12.2 Å². The Bertz CT molecular complexity index is 495. The number of amides is 2. The summed E-state index contributed by atoms with van der Waals surface area (Å²) >= 11 is 0. The van der Waals surface area contributed by atoms with Crippen LogP contribution in [-0.2, 0) is 18.3 Å². The molecule has 0 atom stereocenters. The Morgan fingerprint density at radius 3 is 2.70 bits per heavy atom. The molecule has 8 heteroatoms. The van der Waals surface area contributed by atoms with Crippen molar-refractivity contribution >= 4 is 12.0 Å². The minimum atomic E-state index is -0.830. The number of hydrogen-bond acceptors (Lipinski definition) is 4. The summed E-state index contributed by atoms with van der Waals surface area (Å²) in [4.78, 5) is 22.7. The maximum absolute atomic E-state index is 11.6. The fourth-order valence-corrected chi connectivity index (χ4v) is 2.20. The maximum Gasteiger partial charge on any atom is 0.314 e. The molecule has 1 fully saturated rings. The second-order valence-electron chi connectivity index (χ2n) is 5.16. The van der Waals surface area contributed by atoms with E-state index >= 15 is 0 Å².